The van der Waals surface area contributed by atoms with Gasteiger partial charge >= 0.3 is 0 Å². The van der Waals surface area contributed by atoms with Gasteiger partial charge in [0, 0.05) is 13.2 Å². The molecule has 1 saturated carbocycles. The number of nitrogens with one attached hydrogen (secondary N) is 1. The van der Waals surface area contributed by atoms with Crippen LogP contribution in [0.5, 0.6) is 0 Å². The number of hydrogen-bond donors (Lipinski definition) is 2. The minimum atomic E-state index is -0.0989. The molecule has 4 heteroatoms. The van der Waals surface area contributed by atoms with Gasteiger partial charge in [0.1, 0.15) is 0 Å². The van der Waals surface area contributed by atoms with Gasteiger partial charge in [-0.3, -0.25) is 5.41 Å². The second-order valence-electron chi connectivity index (χ2n) is 4.32. The Balaban J connectivity index is 1.73. The van der Waals surface area contributed by atoms with Gasteiger partial charge in [0.15, 0.2) is 0 Å². The predicted octanol–water partition coefficient (Wildman–Crippen LogP) is 0.898. The van der Waals surface area contributed by atoms with Crippen molar-refractivity contribution in [3.05, 3.63) is 0 Å². The molecule has 1 aliphatic heterocycles. The Hall–Kier alpha value is -0.610. The van der Waals surface area contributed by atoms with Gasteiger partial charge < -0.3 is 15.2 Å². The van der Waals surface area contributed by atoms with E-state index in [2.05, 4.69) is 0 Å². The van der Waals surface area contributed by atoms with Crippen molar-refractivity contribution >= 4 is 5.84 Å². The Kier molecular flexibility index (Phi) is 2.74. The maximum absolute atomic E-state index is 7.45. The van der Waals surface area contributed by atoms with Crippen molar-refractivity contribution in [1.82, 2.24) is 0 Å². The summed E-state index contributed by atoms with van der Waals surface area (Å²) in [6, 6.07) is 0. The molecule has 0 atom stereocenters. The standard InChI is InChI=1S/C10H18N2O2/c11-9(12)10(3-4-10)7-14-8-1-5-13-6-2-8/h8H,1-7H2,(H3,11,12). The van der Waals surface area contributed by atoms with E-state index in [1.54, 1.807) is 0 Å². The fourth-order valence-corrected chi connectivity index (χ4v) is 1.76. The molecule has 2 rings (SSSR count). The molecule has 4 nitrogen and oxygen atoms in total. The van der Waals surface area contributed by atoms with Crippen LogP contribution in [-0.2, 0) is 9.47 Å². The summed E-state index contributed by atoms with van der Waals surface area (Å²) < 4.78 is 11.0. The summed E-state index contributed by atoms with van der Waals surface area (Å²) in [7, 11) is 0. The van der Waals surface area contributed by atoms with Crippen LogP contribution in [0.15, 0.2) is 0 Å². The summed E-state index contributed by atoms with van der Waals surface area (Å²) >= 11 is 0. The minimum absolute atomic E-state index is 0.0989. The lowest BCUT2D eigenvalue weighted by Gasteiger charge is -2.24. The first-order valence-electron chi connectivity index (χ1n) is 5.27. The maximum atomic E-state index is 7.45. The van der Waals surface area contributed by atoms with Gasteiger partial charge in [-0.2, -0.15) is 0 Å². The van der Waals surface area contributed by atoms with Crippen LogP contribution in [0.3, 0.4) is 0 Å². The highest BCUT2D eigenvalue weighted by molar-refractivity contribution is 5.86. The smallest absolute Gasteiger partial charge is 0.0992 e. The van der Waals surface area contributed by atoms with Crippen LogP contribution in [-0.4, -0.2) is 31.8 Å². The lowest BCUT2D eigenvalue weighted by Crippen LogP contribution is -2.32. The minimum Gasteiger partial charge on any atom is -0.387 e. The van der Waals surface area contributed by atoms with E-state index in [9.17, 15) is 0 Å². The molecule has 14 heavy (non-hydrogen) atoms. The van der Waals surface area contributed by atoms with Gasteiger partial charge in [0.2, 0.25) is 0 Å². The van der Waals surface area contributed by atoms with E-state index in [1.807, 2.05) is 0 Å². The van der Waals surface area contributed by atoms with Crippen LogP contribution < -0.4 is 5.73 Å². The SMILES string of the molecule is N=C(N)C1(COC2CCOCC2)CC1. The molecule has 0 unspecified atom stereocenters. The largest absolute Gasteiger partial charge is 0.387 e. The number of rotatable bonds is 4. The normalized spacial score (nSPS) is 26.0. The fraction of sp³-hybridized carbons (Fsp3) is 0.900. The molecule has 0 aromatic heterocycles. The van der Waals surface area contributed by atoms with Gasteiger partial charge in [-0.05, 0) is 25.7 Å². The van der Waals surface area contributed by atoms with E-state index < -0.39 is 0 Å². The summed E-state index contributed by atoms with van der Waals surface area (Å²) in [5.41, 5.74) is 5.43. The molecule has 1 heterocycles. The van der Waals surface area contributed by atoms with Gasteiger partial charge in [0.25, 0.3) is 0 Å². The Labute approximate surface area is 84.3 Å². The molecule has 2 fully saturated rings. The van der Waals surface area contributed by atoms with Crippen molar-refractivity contribution in [1.29, 1.82) is 5.41 Å². The van der Waals surface area contributed by atoms with Gasteiger partial charge in [0.05, 0.1) is 24.0 Å². The Morgan fingerprint density at radius 2 is 2.07 bits per heavy atom. The molecule has 2 aliphatic rings. The van der Waals surface area contributed by atoms with E-state index >= 15 is 0 Å². The number of nitrogens with two attached hydrogens (primary N) is 1. The highest BCUT2D eigenvalue weighted by Crippen LogP contribution is 2.45. The highest BCUT2D eigenvalue weighted by atomic mass is 16.5. The summed E-state index contributed by atoms with van der Waals surface area (Å²) in [6.45, 7) is 2.24. The molecule has 3 N–H and O–H groups in total. The molecule has 1 aliphatic carbocycles. The van der Waals surface area contributed by atoms with Crippen LogP contribution in [0.1, 0.15) is 25.7 Å². The lowest BCUT2D eigenvalue weighted by atomic mass is 10.1. The molecule has 0 spiro atoms. The van der Waals surface area contributed by atoms with Crippen LogP contribution in [0, 0.1) is 10.8 Å². The molecule has 0 aromatic carbocycles. The van der Waals surface area contributed by atoms with Gasteiger partial charge in [-0.25, -0.2) is 0 Å². The average molecular weight is 198 g/mol. The predicted molar refractivity (Wildman–Crippen MR) is 53.4 cm³/mol. The summed E-state index contributed by atoms with van der Waals surface area (Å²) in [5.74, 6) is 0.296. The molecule has 80 valence electrons. The molecule has 0 amide bonds. The van der Waals surface area contributed by atoms with Crippen LogP contribution in [0.25, 0.3) is 0 Å². The topological polar surface area (TPSA) is 68.3 Å². The van der Waals surface area contributed by atoms with Crippen molar-refractivity contribution in [3.63, 3.8) is 0 Å². The number of ether oxygens (including phenoxy) is 2. The Bertz CT molecular complexity index is 220. The number of hydrogen-bond acceptors (Lipinski definition) is 3. The second kappa shape index (κ2) is 3.87. The van der Waals surface area contributed by atoms with Crippen molar-refractivity contribution in [3.8, 4) is 0 Å². The third-order valence-electron chi connectivity index (χ3n) is 3.19. The monoisotopic (exact) mass is 198 g/mol. The zero-order valence-corrected chi connectivity index (χ0v) is 8.42. The van der Waals surface area contributed by atoms with Crippen molar-refractivity contribution in [2.45, 2.75) is 31.8 Å². The molecule has 0 aromatic rings. The van der Waals surface area contributed by atoms with Crippen LogP contribution in [0.2, 0.25) is 0 Å². The van der Waals surface area contributed by atoms with E-state index in [-0.39, 0.29) is 5.41 Å². The van der Waals surface area contributed by atoms with Gasteiger partial charge in [-0.1, -0.05) is 0 Å². The van der Waals surface area contributed by atoms with E-state index in [4.69, 9.17) is 20.6 Å². The summed E-state index contributed by atoms with van der Waals surface area (Å²) in [6.07, 6.45) is 4.32. The zero-order valence-electron chi connectivity index (χ0n) is 8.42. The summed E-state index contributed by atoms with van der Waals surface area (Å²) in [5, 5.41) is 7.45. The van der Waals surface area contributed by atoms with Gasteiger partial charge in [-0.15, -0.1) is 0 Å². The molecule has 0 bridgehead atoms. The second-order valence-corrected chi connectivity index (χ2v) is 4.32. The van der Waals surface area contributed by atoms with E-state index in [1.165, 1.54) is 0 Å². The van der Waals surface area contributed by atoms with E-state index in [0.29, 0.717) is 18.5 Å². The first-order valence-corrected chi connectivity index (χ1v) is 5.27. The molecule has 0 radical (unpaired) electrons. The fourth-order valence-electron chi connectivity index (χ4n) is 1.76. The van der Waals surface area contributed by atoms with Crippen molar-refractivity contribution in [2.75, 3.05) is 19.8 Å². The maximum Gasteiger partial charge on any atom is 0.0992 e. The van der Waals surface area contributed by atoms with Crippen LogP contribution >= 0.6 is 0 Å². The highest BCUT2D eigenvalue weighted by Gasteiger charge is 2.46. The van der Waals surface area contributed by atoms with Crippen molar-refractivity contribution < 1.29 is 9.47 Å². The first-order chi connectivity index (χ1) is 6.73. The van der Waals surface area contributed by atoms with Crippen molar-refractivity contribution in [2.24, 2.45) is 11.1 Å². The molecule has 1 saturated heterocycles. The third kappa shape index (κ3) is 2.07. The zero-order chi connectivity index (χ0) is 10.0. The van der Waals surface area contributed by atoms with E-state index in [0.717, 1.165) is 38.9 Å². The summed E-state index contributed by atoms with van der Waals surface area (Å²) in [4.78, 5) is 0. The number of amidine groups is 1. The quantitative estimate of drug-likeness (QED) is 0.521. The van der Waals surface area contributed by atoms with Crippen LogP contribution in [0.4, 0.5) is 0 Å². The first kappa shape index (κ1) is 9.93. The Morgan fingerprint density at radius 3 is 2.57 bits per heavy atom. The molecular formula is C10H18N2O2. The Morgan fingerprint density at radius 1 is 1.43 bits per heavy atom. The average Bonchev–Trinajstić information content (AvgIpc) is 2.97. The third-order valence-corrected chi connectivity index (χ3v) is 3.19. The molecular weight excluding hydrogens is 180 g/mol. The lowest BCUT2D eigenvalue weighted by molar-refractivity contribution is -0.0398.